The van der Waals surface area contributed by atoms with Crippen molar-refractivity contribution in [1.29, 1.82) is 0 Å². The van der Waals surface area contributed by atoms with E-state index >= 15 is 0 Å². The molecule has 3 aromatic rings. The van der Waals surface area contributed by atoms with Gasteiger partial charge in [-0.1, -0.05) is 0 Å². The number of rotatable bonds is 5. The lowest BCUT2D eigenvalue weighted by molar-refractivity contribution is 0.0765. The van der Waals surface area contributed by atoms with Crippen LogP contribution in [0, 0.1) is 0 Å². The van der Waals surface area contributed by atoms with Crippen LogP contribution in [0.1, 0.15) is 16.9 Å². The van der Waals surface area contributed by atoms with Crippen LogP contribution < -0.4 is 19.1 Å². The summed E-state index contributed by atoms with van der Waals surface area (Å²) in [6, 6.07) is 7.33. The van der Waals surface area contributed by atoms with E-state index in [0.29, 0.717) is 41.9 Å². The first-order chi connectivity index (χ1) is 15.1. The predicted octanol–water partition coefficient (Wildman–Crippen LogP) is 1.95. The Labute approximate surface area is 178 Å². The molecule has 1 amide bonds. The fourth-order valence-electron chi connectivity index (χ4n) is 3.60. The number of likely N-dealkylation sites (tertiary alicyclic amines) is 1. The molecule has 0 spiro atoms. The van der Waals surface area contributed by atoms with Crippen LogP contribution in [0.15, 0.2) is 36.7 Å². The highest BCUT2D eigenvalue weighted by Gasteiger charge is 2.30. The summed E-state index contributed by atoms with van der Waals surface area (Å²) in [5.41, 5.74) is 1.95. The molecule has 1 unspecified atom stereocenters. The molecule has 1 saturated heterocycles. The highest BCUT2D eigenvalue weighted by Crippen LogP contribution is 2.35. The van der Waals surface area contributed by atoms with Crippen LogP contribution in [0.2, 0.25) is 0 Å². The van der Waals surface area contributed by atoms with Crippen molar-refractivity contribution in [2.24, 2.45) is 0 Å². The van der Waals surface area contributed by atoms with E-state index in [1.807, 2.05) is 37.2 Å². The Balaban J connectivity index is 1.24. The molecule has 0 bridgehead atoms. The second kappa shape index (κ2) is 7.78. The summed E-state index contributed by atoms with van der Waals surface area (Å²) in [7, 11) is 3.79. The molecule has 160 valence electrons. The van der Waals surface area contributed by atoms with Gasteiger partial charge in [0, 0.05) is 32.6 Å². The molecule has 0 saturated carbocycles. The summed E-state index contributed by atoms with van der Waals surface area (Å²) >= 11 is 0. The Bertz CT molecular complexity index is 1110. The summed E-state index contributed by atoms with van der Waals surface area (Å²) in [5, 5.41) is 7.15. The molecular weight excluding hydrogens is 400 g/mol. The third kappa shape index (κ3) is 3.83. The number of H-pyrrole nitrogens is 1. The lowest BCUT2D eigenvalue weighted by Gasteiger charge is -2.17. The lowest BCUT2D eigenvalue weighted by atomic mass is 10.1. The van der Waals surface area contributed by atoms with E-state index in [9.17, 15) is 4.79 Å². The van der Waals surface area contributed by atoms with E-state index < -0.39 is 0 Å². The molecule has 10 heteroatoms. The Hall–Kier alpha value is -3.82. The van der Waals surface area contributed by atoms with Gasteiger partial charge < -0.3 is 24.0 Å². The van der Waals surface area contributed by atoms with Crippen molar-refractivity contribution in [1.82, 2.24) is 25.1 Å². The SMILES string of the molecule is CN(C)c1cncc(OC2CCN(C(=O)c3cc(-c4ccc5c(c4)OCO5)n[nH]3)C2)n1. The number of aromatic nitrogens is 4. The molecule has 2 aliphatic rings. The second-order valence-electron chi connectivity index (χ2n) is 7.62. The van der Waals surface area contributed by atoms with Crippen molar-refractivity contribution in [2.75, 3.05) is 38.9 Å². The quantitative estimate of drug-likeness (QED) is 0.665. The van der Waals surface area contributed by atoms with Gasteiger partial charge in [-0.15, -0.1) is 0 Å². The highest BCUT2D eigenvalue weighted by molar-refractivity contribution is 5.93. The van der Waals surface area contributed by atoms with Crippen LogP contribution >= 0.6 is 0 Å². The maximum absolute atomic E-state index is 12.9. The van der Waals surface area contributed by atoms with Crippen LogP contribution in [-0.2, 0) is 0 Å². The fourth-order valence-corrected chi connectivity index (χ4v) is 3.60. The molecule has 1 N–H and O–H groups in total. The van der Waals surface area contributed by atoms with Gasteiger partial charge in [0.05, 0.1) is 24.6 Å². The largest absolute Gasteiger partial charge is 0.471 e. The Morgan fingerprint density at radius 1 is 1.23 bits per heavy atom. The third-order valence-corrected chi connectivity index (χ3v) is 5.25. The first kappa shape index (κ1) is 19.2. The molecule has 31 heavy (non-hydrogen) atoms. The predicted molar refractivity (Wildman–Crippen MR) is 111 cm³/mol. The van der Waals surface area contributed by atoms with Crippen molar-refractivity contribution in [3.05, 3.63) is 42.4 Å². The molecule has 1 atom stereocenters. The number of aromatic amines is 1. The molecule has 0 radical (unpaired) electrons. The summed E-state index contributed by atoms with van der Waals surface area (Å²) in [6.07, 6.45) is 3.85. The first-order valence-electron chi connectivity index (χ1n) is 9.97. The van der Waals surface area contributed by atoms with Crippen molar-refractivity contribution in [3.8, 4) is 28.6 Å². The fraction of sp³-hybridized carbons (Fsp3) is 0.333. The number of benzene rings is 1. The molecule has 4 heterocycles. The summed E-state index contributed by atoms with van der Waals surface area (Å²) in [6.45, 7) is 1.29. The Morgan fingerprint density at radius 2 is 2.10 bits per heavy atom. The summed E-state index contributed by atoms with van der Waals surface area (Å²) in [5.74, 6) is 2.45. The maximum Gasteiger partial charge on any atom is 0.272 e. The molecule has 2 aliphatic heterocycles. The molecule has 5 rings (SSSR count). The van der Waals surface area contributed by atoms with Crippen LogP contribution in [0.3, 0.4) is 0 Å². The first-order valence-corrected chi connectivity index (χ1v) is 9.97. The number of nitrogens with zero attached hydrogens (tertiary/aromatic N) is 5. The third-order valence-electron chi connectivity index (χ3n) is 5.25. The van der Waals surface area contributed by atoms with Crippen molar-refractivity contribution < 1.29 is 19.0 Å². The van der Waals surface area contributed by atoms with Gasteiger partial charge in [0.25, 0.3) is 5.91 Å². The number of fused-ring (bicyclic) bond motifs is 1. The van der Waals surface area contributed by atoms with Gasteiger partial charge in [0.1, 0.15) is 11.8 Å². The number of nitrogens with one attached hydrogen (secondary N) is 1. The number of anilines is 1. The number of hydrogen-bond acceptors (Lipinski definition) is 8. The number of ether oxygens (including phenoxy) is 3. The van der Waals surface area contributed by atoms with Gasteiger partial charge in [-0.2, -0.15) is 10.1 Å². The van der Waals surface area contributed by atoms with Crippen LogP contribution in [0.5, 0.6) is 17.4 Å². The van der Waals surface area contributed by atoms with Gasteiger partial charge in [-0.05, 0) is 24.3 Å². The second-order valence-corrected chi connectivity index (χ2v) is 7.62. The minimum absolute atomic E-state index is 0.112. The lowest BCUT2D eigenvalue weighted by Crippen LogP contribution is -2.31. The van der Waals surface area contributed by atoms with E-state index in [4.69, 9.17) is 14.2 Å². The highest BCUT2D eigenvalue weighted by atomic mass is 16.7. The molecular formula is C21H22N6O4. The van der Waals surface area contributed by atoms with E-state index in [-0.39, 0.29) is 18.8 Å². The minimum Gasteiger partial charge on any atom is -0.471 e. The van der Waals surface area contributed by atoms with Gasteiger partial charge in [-0.3, -0.25) is 14.9 Å². The topological polar surface area (TPSA) is 106 Å². The molecule has 0 aliphatic carbocycles. The minimum atomic E-state index is -0.132. The zero-order chi connectivity index (χ0) is 21.4. The molecule has 1 aromatic carbocycles. The summed E-state index contributed by atoms with van der Waals surface area (Å²) in [4.78, 5) is 25.1. The smallest absolute Gasteiger partial charge is 0.272 e. The standard InChI is InChI=1S/C21H22N6O4/c1-26(2)19-9-22-10-20(23-19)31-14-5-6-27(11-14)21(28)16-8-15(24-25-16)13-3-4-17-18(7-13)30-12-29-17/h3-4,7-10,14H,5-6,11-12H2,1-2H3,(H,24,25). The van der Waals surface area contributed by atoms with Gasteiger partial charge in [0.2, 0.25) is 12.7 Å². The van der Waals surface area contributed by atoms with Gasteiger partial charge in [-0.25, -0.2) is 0 Å². The van der Waals surface area contributed by atoms with Gasteiger partial charge >= 0.3 is 0 Å². The average molecular weight is 422 g/mol. The summed E-state index contributed by atoms with van der Waals surface area (Å²) < 4.78 is 16.7. The van der Waals surface area contributed by atoms with Crippen LogP contribution in [0.25, 0.3) is 11.3 Å². The van der Waals surface area contributed by atoms with Crippen LogP contribution in [-0.4, -0.2) is 71.1 Å². The van der Waals surface area contributed by atoms with E-state index in [2.05, 4.69) is 20.2 Å². The number of amides is 1. The van der Waals surface area contributed by atoms with E-state index in [1.54, 1.807) is 23.4 Å². The van der Waals surface area contributed by atoms with Crippen molar-refractivity contribution >= 4 is 11.7 Å². The molecule has 1 fully saturated rings. The van der Waals surface area contributed by atoms with Gasteiger partial charge in [0.15, 0.2) is 17.3 Å². The zero-order valence-electron chi connectivity index (χ0n) is 17.2. The Kier molecular flexibility index (Phi) is 4.81. The monoisotopic (exact) mass is 422 g/mol. The number of carbonyl (C=O) groups excluding carboxylic acids is 1. The average Bonchev–Trinajstić information content (AvgIpc) is 3.53. The Morgan fingerprint density at radius 3 is 2.97 bits per heavy atom. The number of hydrogen-bond donors (Lipinski definition) is 1. The van der Waals surface area contributed by atoms with Crippen LogP contribution in [0.4, 0.5) is 5.82 Å². The maximum atomic E-state index is 12.9. The zero-order valence-corrected chi connectivity index (χ0v) is 17.2. The van der Waals surface area contributed by atoms with E-state index in [1.165, 1.54) is 0 Å². The van der Waals surface area contributed by atoms with E-state index in [0.717, 1.165) is 17.8 Å². The van der Waals surface area contributed by atoms with Crippen molar-refractivity contribution in [3.63, 3.8) is 0 Å². The molecule has 10 nitrogen and oxygen atoms in total. The molecule has 2 aromatic heterocycles. The van der Waals surface area contributed by atoms with Crippen molar-refractivity contribution in [2.45, 2.75) is 12.5 Å². The number of carbonyl (C=O) groups is 1. The normalized spacial score (nSPS) is 17.1.